The molecule has 7 aromatic rings. The van der Waals surface area contributed by atoms with Gasteiger partial charge in [-0.2, -0.15) is 0 Å². The molecule has 0 radical (unpaired) electrons. The maximum absolute atomic E-state index is 2.82. The molecule has 9 rings (SSSR count). The summed E-state index contributed by atoms with van der Waals surface area (Å²) >= 11 is -2.82. The van der Waals surface area contributed by atoms with Crippen molar-refractivity contribution in [2.75, 3.05) is 0 Å². The van der Waals surface area contributed by atoms with Crippen molar-refractivity contribution in [1.82, 2.24) is 0 Å². The van der Waals surface area contributed by atoms with Gasteiger partial charge in [0, 0.05) is 0 Å². The summed E-state index contributed by atoms with van der Waals surface area (Å²) in [5, 5.41) is 5.84. The van der Waals surface area contributed by atoms with E-state index in [2.05, 4.69) is 183 Å². The summed E-state index contributed by atoms with van der Waals surface area (Å²) in [7, 11) is 0. The Morgan fingerprint density at radius 3 is 1.53 bits per heavy atom. The van der Waals surface area contributed by atoms with Crippen LogP contribution in [0.5, 0.6) is 0 Å². The molecule has 4 heteroatoms. The molecule has 2 aliphatic rings. The maximum atomic E-state index is 2.57. The van der Waals surface area contributed by atoms with Gasteiger partial charge in [0.05, 0.1) is 0 Å². The van der Waals surface area contributed by atoms with E-state index >= 15 is 0 Å². The largest absolute Gasteiger partial charge is 0.147 e. The molecule has 0 fully saturated rings. The zero-order valence-corrected chi connectivity index (χ0v) is 32.3. The predicted octanol–water partition coefficient (Wildman–Crippen LogP) is 10.8. The van der Waals surface area contributed by atoms with E-state index in [0.29, 0.717) is 7.25 Å². The third-order valence-corrected chi connectivity index (χ3v) is 30.7. The second-order valence-corrected chi connectivity index (χ2v) is 26.9. The number of aryl methyl sites for hydroxylation is 1. The molecular formula is C45H36Cl2SiZr. The van der Waals surface area contributed by atoms with Gasteiger partial charge >= 0.3 is 287 Å². The summed E-state index contributed by atoms with van der Waals surface area (Å²) in [6.45, 7) is 2.25. The predicted molar refractivity (Wildman–Crippen MR) is 212 cm³/mol. The molecule has 0 amide bonds. The van der Waals surface area contributed by atoms with E-state index in [0.717, 1.165) is 0 Å². The van der Waals surface area contributed by atoms with Crippen molar-refractivity contribution in [3.8, 4) is 11.1 Å². The normalized spacial score (nSPS) is 14.1. The minimum Gasteiger partial charge on any atom is -0.147 e. The topological polar surface area (TPSA) is 0 Å². The van der Waals surface area contributed by atoms with Crippen LogP contribution in [0.3, 0.4) is 0 Å². The summed E-state index contributed by atoms with van der Waals surface area (Å²) in [4.78, 5) is 0. The molecule has 1 unspecified atom stereocenters. The van der Waals surface area contributed by atoms with E-state index in [1.807, 2.05) is 0 Å². The van der Waals surface area contributed by atoms with Gasteiger partial charge in [-0.15, -0.1) is 24.8 Å². The van der Waals surface area contributed by atoms with Crippen molar-refractivity contribution in [3.63, 3.8) is 0 Å². The van der Waals surface area contributed by atoms with E-state index in [-0.39, 0.29) is 24.8 Å². The summed E-state index contributed by atoms with van der Waals surface area (Å²) in [6, 6.07) is 65.1. The Morgan fingerprint density at radius 1 is 0.429 bits per heavy atom. The molecule has 7 aromatic carbocycles. The number of benzene rings is 7. The van der Waals surface area contributed by atoms with Crippen LogP contribution >= 0.6 is 24.8 Å². The quantitative estimate of drug-likeness (QED) is 0.153. The molecule has 0 nitrogen and oxygen atoms in total. The SMILES string of the molecule is Cc1ccc(C2=Cc3ccccc3[CH]2[Zr]([CH]2c3ccccc3-c3ccccc32)=[Si](c2ccccc2)c2ccccc2)c2ccccc12.Cl.Cl. The molecule has 1 atom stereocenters. The summed E-state index contributed by atoms with van der Waals surface area (Å²) in [6.07, 6.45) is 2.57. The summed E-state index contributed by atoms with van der Waals surface area (Å²) in [5.41, 5.74) is 12.0. The molecule has 0 spiro atoms. The Balaban J connectivity index is 0.00000189. The number of halogens is 2. The van der Waals surface area contributed by atoms with Crippen molar-refractivity contribution < 1.29 is 20.4 Å². The first-order valence-electron chi connectivity index (χ1n) is 16.6. The van der Waals surface area contributed by atoms with Gasteiger partial charge in [0.25, 0.3) is 0 Å². The monoisotopic (exact) mass is 764 g/mol. The van der Waals surface area contributed by atoms with Gasteiger partial charge < -0.3 is 0 Å². The molecule has 0 aliphatic heterocycles. The van der Waals surface area contributed by atoms with Crippen molar-refractivity contribution in [1.29, 1.82) is 0 Å². The fourth-order valence-corrected chi connectivity index (χ4v) is 32.8. The Bertz CT molecular complexity index is 2290. The van der Waals surface area contributed by atoms with E-state index in [1.54, 1.807) is 21.5 Å². The number of rotatable bonds is 5. The van der Waals surface area contributed by atoms with Crippen molar-refractivity contribution >= 4 is 63.0 Å². The van der Waals surface area contributed by atoms with Gasteiger partial charge in [-0.05, 0) is 0 Å². The van der Waals surface area contributed by atoms with Crippen molar-refractivity contribution in [3.05, 3.63) is 203 Å². The number of fused-ring (bicyclic) bond motifs is 5. The van der Waals surface area contributed by atoms with E-state index in [9.17, 15) is 0 Å². The van der Waals surface area contributed by atoms with Crippen LogP contribution < -0.4 is 10.4 Å². The second kappa shape index (κ2) is 14.2. The minimum atomic E-state index is -2.82. The van der Waals surface area contributed by atoms with Crippen molar-refractivity contribution in [2.24, 2.45) is 0 Å². The third-order valence-electron chi connectivity index (χ3n) is 10.3. The first-order chi connectivity index (χ1) is 23.3. The van der Waals surface area contributed by atoms with Gasteiger partial charge in [-0.25, -0.2) is 0 Å². The Hall–Kier alpha value is -3.78. The van der Waals surface area contributed by atoms with Crippen LogP contribution in [0, 0.1) is 6.92 Å². The smallest absolute Gasteiger partial charge is 0.147 e. The van der Waals surface area contributed by atoms with Crippen LogP contribution in [-0.4, -0.2) is 5.43 Å². The minimum absolute atomic E-state index is 0. The van der Waals surface area contributed by atoms with E-state index in [4.69, 9.17) is 0 Å². The number of hydrogen-bond donors (Lipinski definition) is 0. The molecular weight excluding hydrogens is 731 g/mol. The molecule has 49 heavy (non-hydrogen) atoms. The molecule has 238 valence electrons. The molecule has 0 aromatic heterocycles. The molecule has 0 heterocycles. The van der Waals surface area contributed by atoms with Crippen molar-refractivity contribution in [2.45, 2.75) is 14.2 Å². The molecule has 0 bridgehead atoms. The van der Waals surface area contributed by atoms with Crippen LogP contribution in [0.15, 0.2) is 170 Å². The number of allylic oxidation sites excluding steroid dienone is 1. The van der Waals surface area contributed by atoms with Gasteiger partial charge in [-0.1, -0.05) is 0 Å². The molecule has 0 saturated carbocycles. The van der Waals surface area contributed by atoms with Crippen LogP contribution in [0.25, 0.3) is 33.5 Å². The average molecular weight is 767 g/mol. The Labute approximate surface area is 309 Å². The molecule has 0 saturated heterocycles. The van der Waals surface area contributed by atoms with Crippen LogP contribution in [0.1, 0.15) is 40.6 Å². The van der Waals surface area contributed by atoms with Crippen LogP contribution in [-0.2, 0) is 20.4 Å². The Kier molecular flexibility index (Phi) is 9.78. The van der Waals surface area contributed by atoms with E-state index in [1.165, 1.54) is 49.7 Å². The fourth-order valence-electron chi connectivity index (χ4n) is 8.25. The standard InChI is InChI=1S/C20H15.C13H9.C12H10Si.2ClH.Zr/c1-14-10-11-19(20-9-5-4-8-18(14)20)17-12-15-6-2-3-7-16(15)13-17;1-3-7-12-10(5-1)9-11-6-2-4-8-13(11)12;1-3-7-11(8-4-1)13-12-9-5-2-6-10-12;;;/h2-13H,1H3;1-9H;1-10H;2*1H;. The average Bonchev–Trinajstić information content (AvgIpc) is 3.68. The first-order valence-corrected chi connectivity index (χ1v) is 24.6. The van der Waals surface area contributed by atoms with Crippen LogP contribution in [0.4, 0.5) is 0 Å². The molecule has 0 N–H and O–H groups in total. The zero-order chi connectivity index (χ0) is 31.3. The first kappa shape index (κ1) is 33.7. The van der Waals surface area contributed by atoms with Gasteiger partial charge in [0.1, 0.15) is 0 Å². The second-order valence-electron chi connectivity index (χ2n) is 12.8. The molecule has 2 aliphatic carbocycles. The Morgan fingerprint density at radius 2 is 0.918 bits per heavy atom. The van der Waals surface area contributed by atoms with E-state index < -0.39 is 25.8 Å². The van der Waals surface area contributed by atoms with Gasteiger partial charge in [-0.3, -0.25) is 0 Å². The maximum Gasteiger partial charge on any atom is -0.147 e. The summed E-state index contributed by atoms with van der Waals surface area (Å²) < 4.78 is 0.841. The third kappa shape index (κ3) is 5.74. The fraction of sp³-hybridized carbons (Fsp3) is 0.0667. The van der Waals surface area contributed by atoms with Gasteiger partial charge in [0.15, 0.2) is 0 Å². The summed E-state index contributed by atoms with van der Waals surface area (Å²) in [5.74, 6) is 0. The van der Waals surface area contributed by atoms with Crippen LogP contribution in [0.2, 0.25) is 0 Å². The van der Waals surface area contributed by atoms with Gasteiger partial charge in [0.2, 0.25) is 0 Å². The zero-order valence-electron chi connectivity index (χ0n) is 27.2. The number of hydrogen-bond acceptors (Lipinski definition) is 0.